The van der Waals surface area contributed by atoms with Gasteiger partial charge in [0.1, 0.15) is 0 Å². The van der Waals surface area contributed by atoms with Crippen LogP contribution in [0.4, 0.5) is 5.69 Å². The van der Waals surface area contributed by atoms with Crippen molar-refractivity contribution in [3.63, 3.8) is 0 Å². The van der Waals surface area contributed by atoms with Gasteiger partial charge in [-0.15, -0.1) is 0 Å². The number of rotatable bonds is 1. The molecule has 0 saturated carbocycles. The smallest absolute Gasteiger partial charge is 0.0751 e. The number of nitrogens with two attached hydrogens (primary N) is 1. The van der Waals surface area contributed by atoms with Crippen LogP contribution in [-0.2, 0) is 0 Å². The highest BCUT2D eigenvalue weighted by Gasteiger charge is 2.04. The standard InChI is InChI=1S/C12H12N2/c1-9-11(13)7-8-14-12(9)10-5-3-2-4-6-10/h2-8H,1H3,(H2,13,14). The molecule has 0 fully saturated rings. The summed E-state index contributed by atoms with van der Waals surface area (Å²) in [7, 11) is 0. The highest BCUT2D eigenvalue weighted by Crippen LogP contribution is 2.23. The molecule has 2 N–H and O–H groups in total. The molecule has 0 aliphatic carbocycles. The molecule has 1 heterocycles. The quantitative estimate of drug-likeness (QED) is 0.740. The first-order valence-corrected chi connectivity index (χ1v) is 4.55. The number of aromatic nitrogens is 1. The average Bonchev–Trinajstić information content (AvgIpc) is 2.23. The maximum Gasteiger partial charge on any atom is 0.0751 e. The molecule has 0 radical (unpaired) electrons. The highest BCUT2D eigenvalue weighted by molar-refractivity contribution is 5.68. The lowest BCUT2D eigenvalue weighted by Gasteiger charge is -2.06. The van der Waals surface area contributed by atoms with Gasteiger partial charge in [0.15, 0.2) is 0 Å². The van der Waals surface area contributed by atoms with E-state index in [1.54, 1.807) is 6.20 Å². The van der Waals surface area contributed by atoms with Crippen molar-refractivity contribution in [2.24, 2.45) is 0 Å². The monoisotopic (exact) mass is 184 g/mol. The lowest BCUT2D eigenvalue weighted by atomic mass is 10.1. The Labute approximate surface area is 83.4 Å². The molecule has 0 atom stereocenters. The van der Waals surface area contributed by atoms with E-state index < -0.39 is 0 Å². The van der Waals surface area contributed by atoms with Gasteiger partial charge in [-0.3, -0.25) is 4.98 Å². The largest absolute Gasteiger partial charge is 0.398 e. The van der Waals surface area contributed by atoms with E-state index >= 15 is 0 Å². The van der Waals surface area contributed by atoms with E-state index in [1.807, 2.05) is 43.3 Å². The van der Waals surface area contributed by atoms with Crippen LogP contribution in [0.15, 0.2) is 42.6 Å². The molecular formula is C12H12N2. The van der Waals surface area contributed by atoms with Crippen molar-refractivity contribution in [1.29, 1.82) is 0 Å². The van der Waals surface area contributed by atoms with E-state index in [0.29, 0.717) is 0 Å². The molecule has 14 heavy (non-hydrogen) atoms. The Balaban J connectivity index is 2.58. The zero-order valence-corrected chi connectivity index (χ0v) is 8.07. The average molecular weight is 184 g/mol. The number of nitrogen functional groups attached to an aromatic ring is 1. The van der Waals surface area contributed by atoms with Crippen LogP contribution in [-0.4, -0.2) is 4.98 Å². The van der Waals surface area contributed by atoms with Crippen molar-refractivity contribution < 1.29 is 0 Å². The second kappa shape index (κ2) is 3.50. The first kappa shape index (κ1) is 8.75. The van der Waals surface area contributed by atoms with Crippen LogP contribution in [0.25, 0.3) is 11.3 Å². The summed E-state index contributed by atoms with van der Waals surface area (Å²) >= 11 is 0. The summed E-state index contributed by atoms with van der Waals surface area (Å²) in [5.41, 5.74) is 9.72. The minimum absolute atomic E-state index is 0.791. The third-order valence-corrected chi connectivity index (χ3v) is 2.29. The predicted octanol–water partition coefficient (Wildman–Crippen LogP) is 2.64. The first-order chi connectivity index (χ1) is 6.79. The Morgan fingerprint density at radius 1 is 1.07 bits per heavy atom. The molecule has 2 nitrogen and oxygen atoms in total. The van der Waals surface area contributed by atoms with Crippen LogP contribution < -0.4 is 5.73 Å². The van der Waals surface area contributed by atoms with Crippen molar-refractivity contribution in [2.75, 3.05) is 5.73 Å². The number of nitrogens with zero attached hydrogens (tertiary/aromatic N) is 1. The number of benzene rings is 1. The van der Waals surface area contributed by atoms with Crippen molar-refractivity contribution in [2.45, 2.75) is 6.92 Å². The summed E-state index contributed by atoms with van der Waals surface area (Å²) in [6, 6.07) is 11.9. The van der Waals surface area contributed by atoms with Crippen LogP contribution in [0, 0.1) is 6.92 Å². The summed E-state index contributed by atoms with van der Waals surface area (Å²) < 4.78 is 0. The van der Waals surface area contributed by atoms with E-state index in [-0.39, 0.29) is 0 Å². The zero-order valence-electron chi connectivity index (χ0n) is 8.07. The maximum absolute atomic E-state index is 5.82. The van der Waals surface area contributed by atoms with E-state index in [4.69, 9.17) is 5.73 Å². The van der Waals surface area contributed by atoms with Crippen LogP contribution in [0.5, 0.6) is 0 Å². The number of anilines is 1. The minimum atomic E-state index is 0.791. The summed E-state index contributed by atoms with van der Waals surface area (Å²) in [5, 5.41) is 0. The number of hydrogen-bond acceptors (Lipinski definition) is 2. The number of pyridine rings is 1. The highest BCUT2D eigenvalue weighted by atomic mass is 14.7. The molecule has 0 amide bonds. The summed E-state index contributed by atoms with van der Waals surface area (Å²) in [5.74, 6) is 0. The van der Waals surface area contributed by atoms with E-state index in [2.05, 4.69) is 4.98 Å². The van der Waals surface area contributed by atoms with Crippen LogP contribution in [0.1, 0.15) is 5.56 Å². The third-order valence-electron chi connectivity index (χ3n) is 2.29. The second-order valence-corrected chi connectivity index (χ2v) is 3.24. The zero-order chi connectivity index (χ0) is 9.97. The molecule has 0 saturated heterocycles. The molecule has 70 valence electrons. The van der Waals surface area contributed by atoms with Gasteiger partial charge in [-0.25, -0.2) is 0 Å². The Kier molecular flexibility index (Phi) is 2.19. The molecule has 2 heteroatoms. The maximum atomic E-state index is 5.82. The summed E-state index contributed by atoms with van der Waals surface area (Å²) in [6.45, 7) is 1.99. The molecule has 0 bridgehead atoms. The Morgan fingerprint density at radius 2 is 1.79 bits per heavy atom. The molecule has 0 spiro atoms. The molecule has 1 aromatic carbocycles. The van der Waals surface area contributed by atoms with Gasteiger partial charge in [-0.05, 0) is 18.6 Å². The fourth-order valence-corrected chi connectivity index (χ4v) is 1.44. The molecule has 0 aliphatic heterocycles. The Bertz CT molecular complexity index is 435. The number of hydrogen-bond donors (Lipinski definition) is 1. The van der Waals surface area contributed by atoms with Crippen molar-refractivity contribution >= 4 is 5.69 Å². The van der Waals surface area contributed by atoms with Gasteiger partial charge in [-0.2, -0.15) is 0 Å². The first-order valence-electron chi connectivity index (χ1n) is 4.55. The fraction of sp³-hybridized carbons (Fsp3) is 0.0833. The topological polar surface area (TPSA) is 38.9 Å². The van der Waals surface area contributed by atoms with Crippen molar-refractivity contribution in [3.05, 3.63) is 48.2 Å². The van der Waals surface area contributed by atoms with E-state index in [1.165, 1.54) is 0 Å². The van der Waals surface area contributed by atoms with Gasteiger partial charge in [0, 0.05) is 17.4 Å². The minimum Gasteiger partial charge on any atom is -0.398 e. The SMILES string of the molecule is Cc1c(N)ccnc1-c1ccccc1. The molecule has 2 aromatic rings. The van der Waals surface area contributed by atoms with Gasteiger partial charge in [0.05, 0.1) is 5.69 Å². The van der Waals surface area contributed by atoms with E-state index in [0.717, 1.165) is 22.5 Å². The van der Waals surface area contributed by atoms with Crippen LogP contribution in [0.2, 0.25) is 0 Å². The van der Waals surface area contributed by atoms with Crippen molar-refractivity contribution in [1.82, 2.24) is 4.98 Å². The lowest BCUT2D eigenvalue weighted by molar-refractivity contribution is 1.27. The predicted molar refractivity (Wildman–Crippen MR) is 58.8 cm³/mol. The van der Waals surface area contributed by atoms with Gasteiger partial charge < -0.3 is 5.73 Å². The molecule has 2 rings (SSSR count). The molecule has 1 aromatic heterocycles. The fourth-order valence-electron chi connectivity index (χ4n) is 1.44. The van der Waals surface area contributed by atoms with Crippen molar-refractivity contribution in [3.8, 4) is 11.3 Å². The van der Waals surface area contributed by atoms with Gasteiger partial charge in [0.25, 0.3) is 0 Å². The third kappa shape index (κ3) is 1.46. The van der Waals surface area contributed by atoms with Gasteiger partial charge in [0.2, 0.25) is 0 Å². The summed E-state index contributed by atoms with van der Waals surface area (Å²) in [6.07, 6.45) is 1.74. The molecular weight excluding hydrogens is 172 g/mol. The van der Waals surface area contributed by atoms with Crippen LogP contribution in [0.3, 0.4) is 0 Å². The molecule has 0 unspecified atom stereocenters. The van der Waals surface area contributed by atoms with Gasteiger partial charge in [-0.1, -0.05) is 30.3 Å². The lowest BCUT2D eigenvalue weighted by Crippen LogP contribution is -1.94. The Morgan fingerprint density at radius 3 is 2.50 bits per heavy atom. The Hall–Kier alpha value is -1.83. The van der Waals surface area contributed by atoms with Gasteiger partial charge >= 0.3 is 0 Å². The summed E-state index contributed by atoms with van der Waals surface area (Å²) in [4.78, 5) is 4.33. The second-order valence-electron chi connectivity index (χ2n) is 3.24. The normalized spacial score (nSPS) is 10.1. The van der Waals surface area contributed by atoms with Crippen LogP contribution >= 0.6 is 0 Å². The van der Waals surface area contributed by atoms with E-state index in [9.17, 15) is 0 Å². The molecule has 0 aliphatic rings.